The van der Waals surface area contributed by atoms with Crippen LogP contribution in [0.15, 0.2) is 0 Å². The molecule has 0 aliphatic carbocycles. The van der Waals surface area contributed by atoms with Gasteiger partial charge in [0.05, 0.1) is 5.41 Å². The maximum absolute atomic E-state index is 12.4. The molecule has 17 heavy (non-hydrogen) atoms. The second-order valence-electron chi connectivity index (χ2n) is 4.97. The molecule has 3 N–H and O–H groups in total. The highest BCUT2D eigenvalue weighted by molar-refractivity contribution is 5.87. The van der Waals surface area contributed by atoms with Gasteiger partial charge in [-0.1, -0.05) is 6.92 Å². The fraction of sp³-hybridized carbons (Fsp3) is 0.833. The van der Waals surface area contributed by atoms with Crippen molar-refractivity contribution >= 4 is 11.9 Å². The summed E-state index contributed by atoms with van der Waals surface area (Å²) < 4.78 is 0. The van der Waals surface area contributed by atoms with Crippen LogP contribution in [-0.4, -0.2) is 41.0 Å². The lowest BCUT2D eigenvalue weighted by Crippen LogP contribution is -2.54. The predicted octanol–water partition coefficient (Wildman–Crippen LogP) is 0.827. The Morgan fingerprint density at radius 3 is 2.59 bits per heavy atom. The van der Waals surface area contributed by atoms with Gasteiger partial charge in [0.1, 0.15) is 6.04 Å². The molecule has 0 bridgehead atoms. The summed E-state index contributed by atoms with van der Waals surface area (Å²) in [5, 5.41) is 9.14. The van der Waals surface area contributed by atoms with Crippen LogP contribution in [0.5, 0.6) is 0 Å². The van der Waals surface area contributed by atoms with E-state index in [0.717, 1.165) is 12.8 Å². The minimum atomic E-state index is -0.909. The molecular formula is C12H22N2O3. The van der Waals surface area contributed by atoms with Gasteiger partial charge in [-0.2, -0.15) is 0 Å². The number of nitrogens with two attached hydrogens (primary N) is 1. The number of likely N-dealkylation sites (tertiary alicyclic amines) is 1. The molecule has 0 saturated carbocycles. The average molecular weight is 242 g/mol. The fourth-order valence-electron chi connectivity index (χ4n) is 2.16. The summed E-state index contributed by atoms with van der Waals surface area (Å²) in [5.74, 6) is -1.02. The lowest BCUT2D eigenvalue weighted by Gasteiger charge is -2.39. The van der Waals surface area contributed by atoms with Gasteiger partial charge in [0.15, 0.2) is 0 Å². The Labute approximate surface area is 102 Å². The molecule has 1 fully saturated rings. The highest BCUT2D eigenvalue weighted by Gasteiger charge is 2.40. The van der Waals surface area contributed by atoms with Crippen LogP contribution in [0.1, 0.15) is 39.5 Å². The van der Waals surface area contributed by atoms with Gasteiger partial charge in [-0.15, -0.1) is 0 Å². The van der Waals surface area contributed by atoms with E-state index in [1.54, 1.807) is 0 Å². The lowest BCUT2D eigenvalue weighted by molar-refractivity contribution is -0.156. The minimum absolute atomic E-state index is 0.116. The van der Waals surface area contributed by atoms with Crippen LogP contribution in [0.2, 0.25) is 0 Å². The maximum atomic E-state index is 12.4. The normalized spacial score (nSPS) is 24.2. The largest absolute Gasteiger partial charge is 0.480 e. The number of aliphatic carboxylic acids is 1. The van der Waals surface area contributed by atoms with Gasteiger partial charge in [0, 0.05) is 13.1 Å². The van der Waals surface area contributed by atoms with E-state index in [-0.39, 0.29) is 12.5 Å². The summed E-state index contributed by atoms with van der Waals surface area (Å²) in [7, 11) is 0. The Kier molecular flexibility index (Phi) is 4.51. The van der Waals surface area contributed by atoms with Crippen LogP contribution < -0.4 is 5.73 Å². The van der Waals surface area contributed by atoms with Crippen molar-refractivity contribution < 1.29 is 14.7 Å². The number of carbonyl (C=O) groups is 2. The number of hydrogen-bond donors (Lipinski definition) is 2. The van der Waals surface area contributed by atoms with Gasteiger partial charge in [-0.05, 0) is 32.6 Å². The zero-order chi connectivity index (χ0) is 13.1. The van der Waals surface area contributed by atoms with Crippen molar-refractivity contribution in [1.29, 1.82) is 0 Å². The quantitative estimate of drug-likeness (QED) is 0.764. The van der Waals surface area contributed by atoms with E-state index in [4.69, 9.17) is 10.8 Å². The fourth-order valence-corrected chi connectivity index (χ4v) is 2.16. The average Bonchev–Trinajstić information content (AvgIpc) is 2.36. The van der Waals surface area contributed by atoms with E-state index < -0.39 is 17.4 Å². The van der Waals surface area contributed by atoms with Crippen molar-refractivity contribution in [1.82, 2.24) is 4.90 Å². The molecule has 1 heterocycles. The SMILES string of the molecule is CCC(C)(CN)C(=O)N1CCCC[C@H]1C(=O)O. The molecule has 1 saturated heterocycles. The molecule has 0 spiro atoms. The summed E-state index contributed by atoms with van der Waals surface area (Å²) >= 11 is 0. The third-order valence-corrected chi connectivity index (χ3v) is 3.80. The van der Waals surface area contributed by atoms with E-state index in [1.165, 1.54) is 4.90 Å². The Morgan fingerprint density at radius 2 is 2.12 bits per heavy atom. The first-order valence-corrected chi connectivity index (χ1v) is 6.20. The first-order chi connectivity index (χ1) is 7.96. The number of hydrogen-bond acceptors (Lipinski definition) is 3. The third-order valence-electron chi connectivity index (χ3n) is 3.80. The molecular weight excluding hydrogens is 220 g/mol. The second-order valence-corrected chi connectivity index (χ2v) is 4.97. The Hall–Kier alpha value is -1.10. The zero-order valence-electron chi connectivity index (χ0n) is 10.6. The van der Waals surface area contributed by atoms with Crippen LogP contribution in [0.25, 0.3) is 0 Å². The second kappa shape index (κ2) is 5.49. The monoisotopic (exact) mass is 242 g/mol. The number of carboxylic acid groups (broad SMARTS) is 1. The number of carbonyl (C=O) groups excluding carboxylic acids is 1. The molecule has 1 aliphatic rings. The highest BCUT2D eigenvalue weighted by Crippen LogP contribution is 2.27. The van der Waals surface area contributed by atoms with Gasteiger partial charge in [0.2, 0.25) is 5.91 Å². The van der Waals surface area contributed by atoms with Gasteiger partial charge >= 0.3 is 5.97 Å². The number of nitrogens with zero attached hydrogens (tertiary/aromatic N) is 1. The Morgan fingerprint density at radius 1 is 1.47 bits per heavy atom. The molecule has 0 aromatic heterocycles. The molecule has 1 rings (SSSR count). The molecule has 1 amide bonds. The Bertz CT molecular complexity index is 300. The van der Waals surface area contributed by atoms with Crippen molar-refractivity contribution in [2.24, 2.45) is 11.1 Å². The number of amides is 1. The zero-order valence-corrected chi connectivity index (χ0v) is 10.6. The van der Waals surface area contributed by atoms with Crippen molar-refractivity contribution in [3.8, 4) is 0 Å². The molecule has 98 valence electrons. The summed E-state index contributed by atoms with van der Waals surface area (Å²) in [6.45, 7) is 4.50. The van der Waals surface area contributed by atoms with Crippen LogP contribution in [0.4, 0.5) is 0 Å². The number of carboxylic acids is 1. The summed E-state index contributed by atoms with van der Waals surface area (Å²) in [4.78, 5) is 25.0. The van der Waals surface area contributed by atoms with E-state index in [0.29, 0.717) is 19.4 Å². The van der Waals surface area contributed by atoms with Gasteiger partial charge in [-0.25, -0.2) is 4.79 Å². The molecule has 0 aromatic rings. The molecule has 5 nitrogen and oxygen atoms in total. The van der Waals surface area contributed by atoms with Gasteiger partial charge in [-0.3, -0.25) is 4.79 Å². The van der Waals surface area contributed by atoms with Gasteiger partial charge < -0.3 is 15.7 Å². The molecule has 0 aromatic carbocycles. The summed E-state index contributed by atoms with van der Waals surface area (Å²) in [6.07, 6.45) is 2.92. The molecule has 0 radical (unpaired) electrons. The maximum Gasteiger partial charge on any atom is 0.326 e. The van der Waals surface area contributed by atoms with Crippen molar-refractivity contribution in [3.05, 3.63) is 0 Å². The molecule has 1 unspecified atom stereocenters. The molecule has 1 aliphatic heterocycles. The number of rotatable bonds is 4. The van der Waals surface area contributed by atoms with E-state index in [1.807, 2.05) is 13.8 Å². The van der Waals surface area contributed by atoms with Crippen LogP contribution in [-0.2, 0) is 9.59 Å². The van der Waals surface area contributed by atoms with Crippen molar-refractivity contribution in [2.45, 2.75) is 45.6 Å². The highest BCUT2D eigenvalue weighted by atomic mass is 16.4. The predicted molar refractivity (Wildman–Crippen MR) is 64.4 cm³/mol. The van der Waals surface area contributed by atoms with Gasteiger partial charge in [0.25, 0.3) is 0 Å². The Balaban J connectivity index is 2.88. The first-order valence-electron chi connectivity index (χ1n) is 6.20. The first kappa shape index (κ1) is 14.0. The smallest absolute Gasteiger partial charge is 0.326 e. The van der Waals surface area contributed by atoms with Crippen molar-refractivity contribution in [2.75, 3.05) is 13.1 Å². The van der Waals surface area contributed by atoms with Crippen molar-refractivity contribution in [3.63, 3.8) is 0 Å². The standard InChI is InChI=1S/C12H22N2O3/c1-3-12(2,8-13)11(17)14-7-5-4-6-9(14)10(15)16/h9H,3-8,13H2,1-2H3,(H,15,16)/t9-,12?/m0/s1. The summed E-state index contributed by atoms with van der Waals surface area (Å²) in [6, 6.07) is -0.673. The van der Waals surface area contributed by atoms with Crippen LogP contribution in [0.3, 0.4) is 0 Å². The molecule has 5 heteroatoms. The van der Waals surface area contributed by atoms with Crippen LogP contribution >= 0.6 is 0 Å². The summed E-state index contributed by atoms with van der Waals surface area (Å²) in [5.41, 5.74) is 5.02. The van der Waals surface area contributed by atoms with Crippen LogP contribution in [0, 0.1) is 5.41 Å². The topological polar surface area (TPSA) is 83.6 Å². The number of piperidine rings is 1. The lowest BCUT2D eigenvalue weighted by atomic mass is 9.84. The minimum Gasteiger partial charge on any atom is -0.480 e. The molecule has 2 atom stereocenters. The van der Waals surface area contributed by atoms with E-state index >= 15 is 0 Å². The third kappa shape index (κ3) is 2.77. The van der Waals surface area contributed by atoms with E-state index in [9.17, 15) is 9.59 Å². The van der Waals surface area contributed by atoms with E-state index in [2.05, 4.69) is 0 Å².